The standard InChI is InChI=1S/C13H13FN2O5/c1-21-12-6-10(9(14)5-11(12)16(19)20)15-8-3-2-7(4-8)13(17)18/h2-3,5-8,15H,4H2,1H3,(H,17,18). The third-order valence-corrected chi connectivity index (χ3v) is 3.21. The molecule has 0 heterocycles. The molecule has 8 heteroatoms. The zero-order chi connectivity index (χ0) is 15.6. The molecule has 0 spiro atoms. The number of rotatable bonds is 5. The van der Waals surface area contributed by atoms with Crippen LogP contribution in [-0.4, -0.2) is 29.2 Å². The summed E-state index contributed by atoms with van der Waals surface area (Å²) in [5.41, 5.74) is -0.441. The maximum atomic E-state index is 13.9. The van der Waals surface area contributed by atoms with Crippen molar-refractivity contribution in [2.75, 3.05) is 12.4 Å². The van der Waals surface area contributed by atoms with Crippen LogP contribution in [0, 0.1) is 21.8 Å². The molecular formula is C13H13FN2O5. The van der Waals surface area contributed by atoms with Gasteiger partial charge in [-0.2, -0.15) is 0 Å². The number of nitrogens with one attached hydrogen (secondary N) is 1. The van der Waals surface area contributed by atoms with Crippen LogP contribution in [0.25, 0.3) is 0 Å². The van der Waals surface area contributed by atoms with E-state index in [1.165, 1.54) is 19.3 Å². The van der Waals surface area contributed by atoms with Gasteiger partial charge >= 0.3 is 11.7 Å². The van der Waals surface area contributed by atoms with Gasteiger partial charge in [0.15, 0.2) is 11.6 Å². The van der Waals surface area contributed by atoms with Crippen molar-refractivity contribution in [2.24, 2.45) is 5.92 Å². The highest BCUT2D eigenvalue weighted by atomic mass is 19.1. The highest BCUT2D eigenvalue weighted by Gasteiger charge is 2.26. The Morgan fingerprint density at radius 2 is 2.24 bits per heavy atom. The molecule has 1 aromatic rings. The average Bonchev–Trinajstić information content (AvgIpc) is 2.89. The first-order valence-corrected chi connectivity index (χ1v) is 6.12. The van der Waals surface area contributed by atoms with Gasteiger partial charge in [0.25, 0.3) is 0 Å². The minimum atomic E-state index is -0.947. The summed E-state index contributed by atoms with van der Waals surface area (Å²) in [6, 6.07) is 1.61. The van der Waals surface area contributed by atoms with Crippen LogP contribution in [0.3, 0.4) is 0 Å². The van der Waals surface area contributed by atoms with E-state index in [-0.39, 0.29) is 23.9 Å². The number of ether oxygens (including phenoxy) is 1. The lowest BCUT2D eigenvalue weighted by molar-refractivity contribution is -0.385. The number of nitrogens with zero attached hydrogens (tertiary/aromatic N) is 1. The highest BCUT2D eigenvalue weighted by molar-refractivity contribution is 5.73. The molecule has 1 aliphatic carbocycles. The van der Waals surface area contributed by atoms with Gasteiger partial charge in [0.1, 0.15) is 0 Å². The summed E-state index contributed by atoms with van der Waals surface area (Å²) in [4.78, 5) is 20.9. The molecule has 2 atom stereocenters. The lowest BCUT2D eigenvalue weighted by Crippen LogP contribution is -2.19. The van der Waals surface area contributed by atoms with Gasteiger partial charge in [-0.15, -0.1) is 0 Å². The highest BCUT2D eigenvalue weighted by Crippen LogP contribution is 2.33. The molecule has 2 unspecified atom stereocenters. The topological polar surface area (TPSA) is 102 Å². The van der Waals surface area contributed by atoms with Crippen LogP contribution in [0.2, 0.25) is 0 Å². The SMILES string of the molecule is COc1cc(NC2C=CC(C(=O)O)C2)c(F)cc1[N+](=O)[O-]. The molecule has 0 fully saturated rings. The minimum absolute atomic E-state index is 0.0261. The summed E-state index contributed by atoms with van der Waals surface area (Å²) >= 11 is 0. The second-order valence-electron chi connectivity index (χ2n) is 4.58. The predicted octanol–water partition coefficient (Wildman–Crippen LogP) is 2.18. The minimum Gasteiger partial charge on any atom is -0.490 e. The van der Waals surface area contributed by atoms with Crippen molar-refractivity contribution in [3.05, 3.63) is 40.2 Å². The number of nitro benzene ring substituents is 1. The molecule has 0 amide bonds. The number of aliphatic carboxylic acids is 1. The zero-order valence-corrected chi connectivity index (χ0v) is 11.1. The summed E-state index contributed by atoms with van der Waals surface area (Å²) in [6.45, 7) is 0. The van der Waals surface area contributed by atoms with E-state index in [0.717, 1.165) is 6.07 Å². The normalized spacial score (nSPS) is 20.3. The first-order chi connectivity index (χ1) is 9.92. The molecule has 2 rings (SSSR count). The van der Waals surface area contributed by atoms with Crippen LogP contribution in [-0.2, 0) is 4.79 Å². The van der Waals surface area contributed by atoms with Crippen LogP contribution >= 0.6 is 0 Å². The van der Waals surface area contributed by atoms with Gasteiger partial charge in [0.2, 0.25) is 0 Å². The molecule has 0 saturated carbocycles. The molecule has 7 nitrogen and oxygen atoms in total. The maximum Gasteiger partial charge on any atom is 0.313 e. The van der Waals surface area contributed by atoms with Crippen molar-refractivity contribution in [3.8, 4) is 5.75 Å². The fourth-order valence-corrected chi connectivity index (χ4v) is 2.15. The average molecular weight is 296 g/mol. The number of benzene rings is 1. The number of nitro groups is 1. The van der Waals surface area contributed by atoms with Crippen LogP contribution < -0.4 is 10.1 Å². The van der Waals surface area contributed by atoms with Gasteiger partial charge in [0.05, 0.1) is 29.7 Å². The van der Waals surface area contributed by atoms with E-state index in [9.17, 15) is 19.3 Å². The number of halogens is 1. The monoisotopic (exact) mass is 296 g/mol. The third-order valence-electron chi connectivity index (χ3n) is 3.21. The lowest BCUT2D eigenvalue weighted by Gasteiger charge is -2.15. The number of methoxy groups -OCH3 is 1. The Labute approximate surface area is 119 Å². The predicted molar refractivity (Wildman–Crippen MR) is 71.9 cm³/mol. The van der Waals surface area contributed by atoms with Crippen molar-refractivity contribution < 1.29 is 24.0 Å². The summed E-state index contributed by atoms with van der Waals surface area (Å²) in [5, 5.41) is 22.5. The fraction of sp³-hybridized carbons (Fsp3) is 0.308. The Balaban J connectivity index is 2.20. The van der Waals surface area contributed by atoms with E-state index in [0.29, 0.717) is 0 Å². The number of carboxylic acid groups (broad SMARTS) is 1. The molecule has 2 N–H and O–H groups in total. The van der Waals surface area contributed by atoms with Crippen LogP contribution in [0.4, 0.5) is 15.8 Å². The molecule has 0 saturated heterocycles. The van der Waals surface area contributed by atoms with Gasteiger partial charge in [-0.25, -0.2) is 4.39 Å². The van der Waals surface area contributed by atoms with Crippen LogP contribution in [0.1, 0.15) is 6.42 Å². The van der Waals surface area contributed by atoms with Gasteiger partial charge in [-0.05, 0) is 6.42 Å². The van der Waals surface area contributed by atoms with Gasteiger partial charge in [-0.3, -0.25) is 14.9 Å². The Kier molecular flexibility index (Phi) is 4.06. The van der Waals surface area contributed by atoms with E-state index in [1.54, 1.807) is 6.08 Å². The van der Waals surface area contributed by atoms with E-state index in [2.05, 4.69) is 5.32 Å². The van der Waals surface area contributed by atoms with Crippen molar-refractivity contribution in [1.82, 2.24) is 0 Å². The number of hydrogen-bond acceptors (Lipinski definition) is 5. The van der Waals surface area contributed by atoms with Crippen molar-refractivity contribution in [3.63, 3.8) is 0 Å². The zero-order valence-electron chi connectivity index (χ0n) is 11.1. The number of anilines is 1. The summed E-state index contributed by atoms with van der Waals surface area (Å²) in [6.07, 6.45) is 3.45. The number of hydrogen-bond donors (Lipinski definition) is 2. The first kappa shape index (κ1) is 14.8. The molecule has 0 bridgehead atoms. The molecular weight excluding hydrogens is 283 g/mol. The summed E-state index contributed by atoms with van der Waals surface area (Å²) < 4.78 is 18.7. The molecule has 1 aromatic carbocycles. The third kappa shape index (κ3) is 3.10. The molecule has 0 aliphatic heterocycles. The largest absolute Gasteiger partial charge is 0.490 e. The smallest absolute Gasteiger partial charge is 0.313 e. The quantitative estimate of drug-likeness (QED) is 0.490. The van der Waals surface area contributed by atoms with Gasteiger partial charge < -0.3 is 15.2 Å². The Morgan fingerprint density at radius 3 is 2.76 bits per heavy atom. The molecule has 0 radical (unpaired) electrons. The number of carboxylic acids is 1. The molecule has 112 valence electrons. The molecule has 0 aromatic heterocycles. The lowest BCUT2D eigenvalue weighted by atomic mass is 10.1. The van der Waals surface area contributed by atoms with Gasteiger partial charge in [-0.1, -0.05) is 12.2 Å². The van der Waals surface area contributed by atoms with Crippen molar-refractivity contribution in [1.29, 1.82) is 0 Å². The molecule has 1 aliphatic rings. The number of carbonyl (C=O) groups is 1. The fourth-order valence-electron chi connectivity index (χ4n) is 2.15. The second-order valence-corrected chi connectivity index (χ2v) is 4.58. The van der Waals surface area contributed by atoms with E-state index in [1.807, 2.05) is 0 Å². The van der Waals surface area contributed by atoms with E-state index >= 15 is 0 Å². The second kappa shape index (κ2) is 5.78. The molecule has 21 heavy (non-hydrogen) atoms. The van der Waals surface area contributed by atoms with Crippen LogP contribution in [0.15, 0.2) is 24.3 Å². The Hall–Kier alpha value is -2.64. The van der Waals surface area contributed by atoms with Gasteiger partial charge in [0, 0.05) is 12.1 Å². The van der Waals surface area contributed by atoms with Crippen molar-refractivity contribution in [2.45, 2.75) is 12.5 Å². The summed E-state index contributed by atoms with van der Waals surface area (Å²) in [5.74, 6) is -2.43. The van der Waals surface area contributed by atoms with E-state index in [4.69, 9.17) is 9.84 Å². The summed E-state index contributed by atoms with van der Waals surface area (Å²) in [7, 11) is 1.25. The first-order valence-electron chi connectivity index (χ1n) is 6.12. The Bertz CT molecular complexity index is 617. The van der Waals surface area contributed by atoms with Crippen molar-refractivity contribution >= 4 is 17.3 Å². The maximum absolute atomic E-state index is 13.9. The Morgan fingerprint density at radius 1 is 1.52 bits per heavy atom. The van der Waals surface area contributed by atoms with Crippen LogP contribution in [0.5, 0.6) is 5.75 Å². The van der Waals surface area contributed by atoms with E-state index < -0.39 is 28.3 Å².